The Balaban J connectivity index is 1.61. The molecule has 1 unspecified atom stereocenters. The highest BCUT2D eigenvalue weighted by Crippen LogP contribution is 2.25. The van der Waals surface area contributed by atoms with Crippen LogP contribution in [0.1, 0.15) is 18.9 Å². The van der Waals surface area contributed by atoms with Crippen molar-refractivity contribution in [2.45, 2.75) is 26.0 Å². The molecule has 4 aromatic rings. The Morgan fingerprint density at radius 1 is 1.07 bits per heavy atom. The molecule has 0 aliphatic heterocycles. The maximum absolute atomic E-state index is 9.12. The minimum Gasteiger partial charge on any atom is -0.476 e. The molecule has 0 fully saturated rings. The van der Waals surface area contributed by atoms with E-state index in [1.54, 1.807) is 12.4 Å². The smallest absolute Gasteiger partial charge is 0.184 e. The monoisotopic (exact) mass is 395 g/mol. The minimum atomic E-state index is -0.443. The van der Waals surface area contributed by atoms with E-state index in [1.807, 2.05) is 67.6 Å². The van der Waals surface area contributed by atoms with Crippen LogP contribution in [0.3, 0.4) is 0 Å². The van der Waals surface area contributed by atoms with Gasteiger partial charge in [0, 0.05) is 29.9 Å². The van der Waals surface area contributed by atoms with Crippen LogP contribution in [0.25, 0.3) is 22.3 Å². The lowest BCUT2D eigenvalue weighted by molar-refractivity contribution is 0.251. The number of nitrogens with zero attached hydrogens (tertiary/aromatic N) is 4. The molecule has 2 heterocycles. The number of hydrogen-bond acceptors (Lipinski definition) is 6. The first-order valence-corrected chi connectivity index (χ1v) is 9.83. The Labute approximate surface area is 175 Å². The quantitative estimate of drug-likeness (QED) is 0.475. The zero-order chi connectivity index (χ0) is 20.8. The molecule has 148 valence electrons. The fourth-order valence-electron chi connectivity index (χ4n) is 3.12. The number of nitriles is 1. The summed E-state index contributed by atoms with van der Waals surface area (Å²) in [6.07, 6.45) is 3.69. The average molecular weight is 395 g/mol. The Bertz CT molecular complexity index is 1190. The first-order valence-electron chi connectivity index (χ1n) is 9.83. The largest absolute Gasteiger partial charge is 0.476 e. The van der Waals surface area contributed by atoms with Gasteiger partial charge in [-0.3, -0.25) is 4.98 Å². The van der Waals surface area contributed by atoms with Crippen molar-refractivity contribution < 1.29 is 4.74 Å². The van der Waals surface area contributed by atoms with E-state index in [2.05, 4.69) is 21.4 Å². The van der Waals surface area contributed by atoms with Gasteiger partial charge in [0.1, 0.15) is 17.6 Å². The number of benzene rings is 2. The van der Waals surface area contributed by atoms with E-state index in [1.165, 1.54) is 0 Å². The molecule has 0 bridgehead atoms. The van der Waals surface area contributed by atoms with E-state index < -0.39 is 6.10 Å². The number of ether oxygens (including phenoxy) is 1. The van der Waals surface area contributed by atoms with E-state index >= 15 is 0 Å². The standard InChI is InChI=1S/C24H21N5O/c1-2-19(14-25)30-20-9-5-7-17(13-20)15-27-24-21-10-3-4-11-22(21)28-23(29-24)18-8-6-12-26-16-18/h3-13,16,19H,2,15H2,1H3,(H,27,28,29). The van der Waals surface area contributed by atoms with Crippen LogP contribution in [-0.2, 0) is 6.54 Å². The van der Waals surface area contributed by atoms with Crippen molar-refractivity contribution >= 4 is 16.7 Å². The molecule has 6 heteroatoms. The van der Waals surface area contributed by atoms with Crippen LogP contribution in [0.4, 0.5) is 5.82 Å². The maximum atomic E-state index is 9.12. The molecule has 0 amide bonds. The van der Waals surface area contributed by atoms with Crippen LogP contribution >= 0.6 is 0 Å². The summed E-state index contributed by atoms with van der Waals surface area (Å²) in [6.45, 7) is 2.49. The fourth-order valence-corrected chi connectivity index (χ4v) is 3.12. The highest BCUT2D eigenvalue weighted by molar-refractivity contribution is 5.90. The maximum Gasteiger partial charge on any atom is 0.184 e. The molecular formula is C24H21N5O. The van der Waals surface area contributed by atoms with Crippen molar-refractivity contribution in [2.24, 2.45) is 0 Å². The van der Waals surface area contributed by atoms with Gasteiger partial charge in [0.05, 0.1) is 5.52 Å². The molecule has 1 atom stereocenters. The second kappa shape index (κ2) is 9.01. The van der Waals surface area contributed by atoms with Crippen LogP contribution in [0, 0.1) is 11.3 Å². The van der Waals surface area contributed by atoms with Crippen LogP contribution in [0.5, 0.6) is 5.75 Å². The topological polar surface area (TPSA) is 83.7 Å². The number of anilines is 1. The van der Waals surface area contributed by atoms with Gasteiger partial charge in [-0.2, -0.15) is 5.26 Å². The first-order chi connectivity index (χ1) is 14.8. The number of aromatic nitrogens is 3. The van der Waals surface area contributed by atoms with Crippen LogP contribution < -0.4 is 10.1 Å². The fraction of sp³-hybridized carbons (Fsp3) is 0.167. The highest BCUT2D eigenvalue weighted by atomic mass is 16.5. The molecule has 0 saturated carbocycles. The summed E-state index contributed by atoms with van der Waals surface area (Å²) < 4.78 is 5.73. The van der Waals surface area contributed by atoms with Gasteiger partial charge in [-0.25, -0.2) is 9.97 Å². The first kappa shape index (κ1) is 19.3. The number of hydrogen-bond donors (Lipinski definition) is 1. The molecule has 2 aromatic carbocycles. The lowest BCUT2D eigenvalue weighted by Gasteiger charge is -2.13. The summed E-state index contributed by atoms with van der Waals surface area (Å²) in [5.74, 6) is 2.07. The molecule has 0 radical (unpaired) electrons. The molecule has 30 heavy (non-hydrogen) atoms. The van der Waals surface area contributed by atoms with Gasteiger partial charge in [0.2, 0.25) is 0 Å². The predicted molar refractivity (Wildman–Crippen MR) is 117 cm³/mol. The molecule has 6 nitrogen and oxygen atoms in total. The number of fused-ring (bicyclic) bond motifs is 1. The van der Waals surface area contributed by atoms with E-state index in [4.69, 9.17) is 15.0 Å². The minimum absolute atomic E-state index is 0.443. The molecule has 4 rings (SSSR count). The zero-order valence-electron chi connectivity index (χ0n) is 16.6. The molecule has 0 saturated heterocycles. The number of rotatable bonds is 7. The van der Waals surface area contributed by atoms with E-state index in [0.717, 1.165) is 27.8 Å². The Hall–Kier alpha value is -3.98. The number of pyridine rings is 1. The summed E-state index contributed by atoms with van der Waals surface area (Å²) in [5, 5.41) is 13.5. The Morgan fingerprint density at radius 3 is 2.77 bits per heavy atom. The van der Waals surface area contributed by atoms with Crippen LogP contribution in [-0.4, -0.2) is 21.1 Å². The average Bonchev–Trinajstić information content (AvgIpc) is 2.81. The van der Waals surface area contributed by atoms with E-state index in [0.29, 0.717) is 24.5 Å². The normalized spacial score (nSPS) is 11.6. The Morgan fingerprint density at radius 2 is 1.97 bits per heavy atom. The van der Waals surface area contributed by atoms with Crippen molar-refractivity contribution in [2.75, 3.05) is 5.32 Å². The third-order valence-electron chi connectivity index (χ3n) is 4.67. The number of para-hydroxylation sites is 1. The lowest BCUT2D eigenvalue weighted by Crippen LogP contribution is -2.12. The van der Waals surface area contributed by atoms with Crippen molar-refractivity contribution in [3.8, 4) is 23.2 Å². The molecule has 0 aliphatic carbocycles. The van der Waals surface area contributed by atoms with Gasteiger partial charge in [-0.15, -0.1) is 0 Å². The van der Waals surface area contributed by atoms with Crippen molar-refractivity contribution in [1.82, 2.24) is 15.0 Å². The lowest BCUT2D eigenvalue weighted by atomic mass is 10.2. The molecule has 1 N–H and O–H groups in total. The zero-order valence-corrected chi connectivity index (χ0v) is 16.6. The SMILES string of the molecule is CCC(C#N)Oc1cccc(CNc2nc(-c3cccnc3)nc3ccccc23)c1. The summed E-state index contributed by atoms with van der Waals surface area (Å²) in [6, 6.07) is 21.6. The van der Waals surface area contributed by atoms with Crippen molar-refractivity contribution in [1.29, 1.82) is 5.26 Å². The summed E-state index contributed by atoms with van der Waals surface area (Å²) >= 11 is 0. The van der Waals surface area contributed by atoms with Gasteiger partial charge in [0.25, 0.3) is 0 Å². The molecule has 2 aromatic heterocycles. The van der Waals surface area contributed by atoms with Gasteiger partial charge in [-0.05, 0) is 48.4 Å². The van der Waals surface area contributed by atoms with Crippen LogP contribution in [0.2, 0.25) is 0 Å². The molecule has 0 spiro atoms. The van der Waals surface area contributed by atoms with Crippen LogP contribution in [0.15, 0.2) is 73.1 Å². The van der Waals surface area contributed by atoms with Gasteiger partial charge in [0.15, 0.2) is 11.9 Å². The summed E-state index contributed by atoms with van der Waals surface area (Å²) in [5.41, 5.74) is 2.76. The van der Waals surface area contributed by atoms with Gasteiger partial charge in [-0.1, -0.05) is 31.2 Å². The van der Waals surface area contributed by atoms with Gasteiger partial charge < -0.3 is 10.1 Å². The third kappa shape index (κ3) is 4.36. The molecule has 0 aliphatic rings. The van der Waals surface area contributed by atoms with Crippen molar-refractivity contribution in [3.63, 3.8) is 0 Å². The Kier molecular flexibility index (Phi) is 5.81. The van der Waals surface area contributed by atoms with Gasteiger partial charge >= 0.3 is 0 Å². The molecular weight excluding hydrogens is 374 g/mol. The summed E-state index contributed by atoms with van der Waals surface area (Å²) in [7, 11) is 0. The highest BCUT2D eigenvalue weighted by Gasteiger charge is 2.10. The predicted octanol–water partition coefficient (Wildman–Crippen LogP) is 4.98. The summed E-state index contributed by atoms with van der Waals surface area (Å²) in [4.78, 5) is 13.6. The third-order valence-corrected chi connectivity index (χ3v) is 4.67. The van der Waals surface area contributed by atoms with E-state index in [-0.39, 0.29) is 0 Å². The second-order valence-corrected chi connectivity index (χ2v) is 6.80. The second-order valence-electron chi connectivity index (χ2n) is 6.80. The van der Waals surface area contributed by atoms with E-state index in [9.17, 15) is 0 Å². The van der Waals surface area contributed by atoms with Crippen molar-refractivity contribution in [3.05, 3.63) is 78.6 Å². The number of nitrogens with one attached hydrogen (secondary N) is 1.